The van der Waals surface area contributed by atoms with Gasteiger partial charge in [0.1, 0.15) is 23.1 Å². The van der Waals surface area contributed by atoms with E-state index in [1.807, 2.05) is 6.92 Å². The maximum atomic E-state index is 13.1. The average Bonchev–Trinajstić information content (AvgIpc) is 3.03. The number of benzene rings is 2. The van der Waals surface area contributed by atoms with Crippen LogP contribution in [-0.4, -0.2) is 43.8 Å². The van der Waals surface area contributed by atoms with Gasteiger partial charge in [-0.2, -0.15) is 0 Å². The van der Waals surface area contributed by atoms with E-state index in [1.54, 1.807) is 56.6 Å². The minimum Gasteiger partial charge on any atom is -0.496 e. The molecule has 29 heavy (non-hydrogen) atoms. The number of thioether (sulfide) groups is 1. The highest BCUT2D eigenvalue weighted by atomic mass is 32.2. The molecule has 2 aromatic carbocycles. The Labute approximate surface area is 173 Å². The van der Waals surface area contributed by atoms with Gasteiger partial charge >= 0.3 is 0 Å². The SMILES string of the molecule is CCN1C(=O)/C(=C\c2c(OC)cc(OC)cc2OC)SC1=Nc1ccc(F)cc1. The van der Waals surface area contributed by atoms with E-state index < -0.39 is 0 Å². The molecule has 3 rings (SSSR count). The molecule has 0 radical (unpaired) electrons. The van der Waals surface area contributed by atoms with Crippen LogP contribution in [0.2, 0.25) is 0 Å². The van der Waals surface area contributed by atoms with Gasteiger partial charge in [0.05, 0.1) is 37.5 Å². The van der Waals surface area contributed by atoms with Crippen LogP contribution < -0.4 is 14.2 Å². The number of hydrogen-bond donors (Lipinski definition) is 0. The van der Waals surface area contributed by atoms with Crippen LogP contribution in [0.5, 0.6) is 17.2 Å². The molecule has 1 amide bonds. The van der Waals surface area contributed by atoms with Crippen LogP contribution in [0.15, 0.2) is 46.3 Å². The van der Waals surface area contributed by atoms with E-state index >= 15 is 0 Å². The van der Waals surface area contributed by atoms with Crippen molar-refractivity contribution in [2.75, 3.05) is 27.9 Å². The molecule has 0 bridgehead atoms. The Morgan fingerprint density at radius 1 is 1.07 bits per heavy atom. The molecule has 0 aromatic heterocycles. The van der Waals surface area contributed by atoms with Crippen LogP contribution in [0.4, 0.5) is 10.1 Å². The van der Waals surface area contributed by atoms with Crippen LogP contribution >= 0.6 is 11.8 Å². The van der Waals surface area contributed by atoms with Crippen LogP contribution in [0, 0.1) is 5.82 Å². The normalized spacial score (nSPS) is 16.6. The third-order valence-electron chi connectivity index (χ3n) is 4.28. The van der Waals surface area contributed by atoms with Crippen molar-refractivity contribution in [3.05, 3.63) is 52.7 Å². The van der Waals surface area contributed by atoms with Crippen molar-refractivity contribution >= 4 is 34.6 Å². The monoisotopic (exact) mass is 416 g/mol. The van der Waals surface area contributed by atoms with Gasteiger partial charge in [0.2, 0.25) is 0 Å². The molecular weight excluding hydrogens is 395 g/mol. The molecule has 1 fully saturated rings. The van der Waals surface area contributed by atoms with Crippen LogP contribution in [0.25, 0.3) is 6.08 Å². The number of carbonyl (C=O) groups excluding carboxylic acids is 1. The Bertz CT molecular complexity index is 948. The van der Waals surface area contributed by atoms with E-state index in [9.17, 15) is 9.18 Å². The van der Waals surface area contributed by atoms with Gasteiger partial charge in [-0.25, -0.2) is 9.38 Å². The van der Waals surface area contributed by atoms with E-state index in [0.717, 1.165) is 0 Å². The fourth-order valence-corrected chi connectivity index (χ4v) is 3.85. The minimum absolute atomic E-state index is 0.168. The summed E-state index contributed by atoms with van der Waals surface area (Å²) in [7, 11) is 4.64. The third kappa shape index (κ3) is 4.37. The Balaban J connectivity index is 2.02. The van der Waals surface area contributed by atoms with Gasteiger partial charge in [-0.05, 0) is 49.0 Å². The zero-order valence-corrected chi connectivity index (χ0v) is 17.4. The summed E-state index contributed by atoms with van der Waals surface area (Å²) in [6.45, 7) is 2.33. The second kappa shape index (κ2) is 9.00. The number of nitrogens with zero attached hydrogens (tertiary/aromatic N) is 2. The van der Waals surface area contributed by atoms with Crippen molar-refractivity contribution in [2.45, 2.75) is 6.92 Å². The molecule has 6 nitrogen and oxygen atoms in total. The predicted octanol–water partition coefficient (Wildman–Crippen LogP) is 4.48. The molecule has 0 N–H and O–H groups in total. The summed E-state index contributed by atoms with van der Waals surface area (Å²) >= 11 is 1.25. The lowest BCUT2D eigenvalue weighted by molar-refractivity contribution is -0.122. The van der Waals surface area contributed by atoms with Crippen LogP contribution in [0.1, 0.15) is 12.5 Å². The van der Waals surface area contributed by atoms with Gasteiger partial charge < -0.3 is 14.2 Å². The van der Waals surface area contributed by atoms with E-state index in [4.69, 9.17) is 14.2 Å². The molecule has 0 saturated carbocycles. The number of likely N-dealkylation sites (N-methyl/N-ethyl adjacent to an activating group) is 1. The number of ether oxygens (including phenoxy) is 3. The second-order valence-electron chi connectivity index (χ2n) is 5.98. The fraction of sp³-hybridized carbons (Fsp3) is 0.238. The van der Waals surface area contributed by atoms with Crippen molar-refractivity contribution in [1.82, 2.24) is 4.90 Å². The minimum atomic E-state index is -0.337. The highest BCUT2D eigenvalue weighted by Crippen LogP contribution is 2.40. The summed E-state index contributed by atoms with van der Waals surface area (Å²) in [5, 5.41) is 0.529. The molecule has 8 heteroatoms. The highest BCUT2D eigenvalue weighted by Gasteiger charge is 2.33. The Hall–Kier alpha value is -3.00. The lowest BCUT2D eigenvalue weighted by Crippen LogP contribution is -2.28. The molecule has 0 atom stereocenters. The molecule has 1 heterocycles. The van der Waals surface area contributed by atoms with E-state index in [2.05, 4.69) is 4.99 Å². The van der Waals surface area contributed by atoms with Gasteiger partial charge in [-0.15, -0.1) is 0 Å². The number of carbonyl (C=O) groups is 1. The Morgan fingerprint density at radius 3 is 2.21 bits per heavy atom. The third-order valence-corrected chi connectivity index (χ3v) is 5.29. The number of hydrogen-bond acceptors (Lipinski definition) is 6. The first-order valence-electron chi connectivity index (χ1n) is 8.86. The van der Waals surface area contributed by atoms with Crippen molar-refractivity contribution < 1.29 is 23.4 Å². The summed E-state index contributed by atoms with van der Waals surface area (Å²) in [6.07, 6.45) is 1.72. The van der Waals surface area contributed by atoms with Crippen molar-refractivity contribution in [1.29, 1.82) is 0 Å². The van der Waals surface area contributed by atoms with E-state index in [1.165, 1.54) is 23.9 Å². The molecule has 152 valence electrons. The summed E-state index contributed by atoms with van der Waals surface area (Å²) < 4.78 is 29.3. The smallest absolute Gasteiger partial charge is 0.266 e. The van der Waals surface area contributed by atoms with Crippen molar-refractivity contribution in [3.63, 3.8) is 0 Å². The lowest BCUT2D eigenvalue weighted by atomic mass is 10.1. The van der Waals surface area contributed by atoms with Gasteiger partial charge in [0, 0.05) is 18.7 Å². The first kappa shape index (κ1) is 20.7. The summed E-state index contributed by atoms with van der Waals surface area (Å²) in [5.41, 5.74) is 1.20. The topological polar surface area (TPSA) is 60.4 Å². The zero-order valence-electron chi connectivity index (χ0n) is 16.6. The summed E-state index contributed by atoms with van der Waals surface area (Å²) in [6, 6.07) is 9.26. The second-order valence-corrected chi connectivity index (χ2v) is 6.99. The van der Waals surface area contributed by atoms with Gasteiger partial charge in [-0.3, -0.25) is 9.69 Å². The molecule has 1 aliphatic rings. The molecule has 0 unspecified atom stereocenters. The van der Waals surface area contributed by atoms with Crippen molar-refractivity contribution in [2.24, 2.45) is 4.99 Å². The first-order chi connectivity index (χ1) is 14.0. The van der Waals surface area contributed by atoms with Crippen molar-refractivity contribution in [3.8, 4) is 17.2 Å². The molecule has 1 saturated heterocycles. The molecular formula is C21H21FN2O4S. The standard InChI is InChI=1S/C21H21FN2O4S/c1-5-24-20(25)19(29-21(24)23-14-8-6-13(22)7-9-14)12-16-17(27-3)10-15(26-2)11-18(16)28-4/h6-12H,5H2,1-4H3/b19-12+,23-21?. The average molecular weight is 416 g/mol. The van der Waals surface area contributed by atoms with Crippen LogP contribution in [0.3, 0.4) is 0 Å². The Kier molecular flexibility index (Phi) is 6.43. The van der Waals surface area contributed by atoms with Gasteiger partial charge in [0.15, 0.2) is 5.17 Å². The van der Waals surface area contributed by atoms with Gasteiger partial charge in [-0.1, -0.05) is 0 Å². The quantitative estimate of drug-likeness (QED) is 0.650. The molecule has 0 aliphatic carbocycles. The maximum absolute atomic E-state index is 13.1. The first-order valence-corrected chi connectivity index (χ1v) is 9.68. The maximum Gasteiger partial charge on any atom is 0.266 e. The highest BCUT2D eigenvalue weighted by molar-refractivity contribution is 8.18. The Morgan fingerprint density at radius 2 is 1.69 bits per heavy atom. The number of rotatable bonds is 6. The fourth-order valence-electron chi connectivity index (χ4n) is 2.80. The summed E-state index contributed by atoms with van der Waals surface area (Å²) in [5.74, 6) is 1.12. The zero-order chi connectivity index (χ0) is 21.0. The number of methoxy groups -OCH3 is 3. The van der Waals surface area contributed by atoms with E-state index in [-0.39, 0.29) is 11.7 Å². The van der Waals surface area contributed by atoms with Crippen LogP contribution in [-0.2, 0) is 4.79 Å². The largest absolute Gasteiger partial charge is 0.496 e. The number of amidine groups is 1. The van der Waals surface area contributed by atoms with Gasteiger partial charge in [0.25, 0.3) is 5.91 Å². The number of halogens is 1. The predicted molar refractivity (Wildman–Crippen MR) is 113 cm³/mol. The number of aliphatic imine (C=N–C) groups is 1. The van der Waals surface area contributed by atoms with E-state index in [0.29, 0.717) is 45.1 Å². The molecule has 2 aromatic rings. The number of amides is 1. The molecule has 0 spiro atoms. The lowest BCUT2D eigenvalue weighted by Gasteiger charge is -2.13. The molecule has 1 aliphatic heterocycles. The summed E-state index contributed by atoms with van der Waals surface area (Å²) in [4.78, 5) is 19.5.